The van der Waals surface area contributed by atoms with Crippen molar-refractivity contribution in [2.24, 2.45) is 5.16 Å². The first-order valence-electron chi connectivity index (χ1n) is 7.66. The molecule has 0 radical (unpaired) electrons. The topological polar surface area (TPSA) is 64.7 Å². The number of benzene rings is 2. The van der Waals surface area contributed by atoms with Crippen molar-refractivity contribution in [3.05, 3.63) is 77.8 Å². The Hall–Kier alpha value is -3.28. The van der Waals surface area contributed by atoms with Crippen LogP contribution in [0, 0.1) is 5.82 Å². The summed E-state index contributed by atoms with van der Waals surface area (Å²) in [6.07, 6.45) is 1.39. The fourth-order valence-corrected chi connectivity index (χ4v) is 2.12. The molecule has 3 rings (SSSR count). The Labute approximate surface area is 143 Å². The SMILES string of the molecule is O=C(C/C=N/OCc1ccc(F)cc1)c1cc(-c2ccccc2)no1. The number of aromatic nitrogens is 1. The van der Waals surface area contributed by atoms with Gasteiger partial charge in [0, 0.05) is 11.6 Å². The van der Waals surface area contributed by atoms with Crippen molar-refractivity contribution in [2.45, 2.75) is 13.0 Å². The van der Waals surface area contributed by atoms with Crippen LogP contribution in [0.3, 0.4) is 0 Å². The minimum absolute atomic E-state index is 0.0346. The molecule has 3 aromatic rings. The second-order valence-corrected chi connectivity index (χ2v) is 5.26. The number of hydrogen-bond acceptors (Lipinski definition) is 5. The molecule has 0 unspecified atom stereocenters. The molecule has 0 fully saturated rings. The fourth-order valence-electron chi connectivity index (χ4n) is 2.12. The Kier molecular flexibility index (Phi) is 5.31. The number of hydrogen-bond donors (Lipinski definition) is 0. The smallest absolute Gasteiger partial charge is 0.206 e. The molecule has 6 heteroatoms. The zero-order chi connectivity index (χ0) is 17.5. The van der Waals surface area contributed by atoms with Gasteiger partial charge < -0.3 is 9.36 Å². The highest BCUT2D eigenvalue weighted by Crippen LogP contribution is 2.19. The maximum Gasteiger partial charge on any atom is 0.206 e. The van der Waals surface area contributed by atoms with Crippen molar-refractivity contribution in [3.63, 3.8) is 0 Å². The normalized spacial score (nSPS) is 10.9. The van der Waals surface area contributed by atoms with Crippen molar-refractivity contribution >= 4 is 12.0 Å². The van der Waals surface area contributed by atoms with Gasteiger partial charge in [-0.05, 0) is 17.7 Å². The van der Waals surface area contributed by atoms with E-state index in [1.54, 1.807) is 18.2 Å². The molecule has 0 bridgehead atoms. The predicted molar refractivity (Wildman–Crippen MR) is 90.6 cm³/mol. The van der Waals surface area contributed by atoms with Crippen LogP contribution in [0.15, 0.2) is 70.3 Å². The number of Topliss-reactive ketones (excluding diaryl/α,β-unsaturated/α-hetero) is 1. The Morgan fingerprint density at radius 2 is 1.92 bits per heavy atom. The van der Waals surface area contributed by atoms with Gasteiger partial charge in [-0.1, -0.05) is 52.8 Å². The molecular weight excluding hydrogens is 323 g/mol. The van der Waals surface area contributed by atoms with E-state index in [4.69, 9.17) is 9.36 Å². The lowest BCUT2D eigenvalue weighted by atomic mass is 10.1. The molecule has 0 aliphatic heterocycles. The quantitative estimate of drug-likeness (QED) is 0.367. The van der Waals surface area contributed by atoms with E-state index in [-0.39, 0.29) is 30.4 Å². The van der Waals surface area contributed by atoms with E-state index in [1.165, 1.54) is 18.3 Å². The first-order chi connectivity index (χ1) is 12.2. The van der Waals surface area contributed by atoms with Gasteiger partial charge in [0.1, 0.15) is 18.1 Å². The number of halogens is 1. The molecule has 0 saturated carbocycles. The molecule has 5 nitrogen and oxygen atoms in total. The Bertz CT molecular complexity index is 858. The van der Waals surface area contributed by atoms with Crippen LogP contribution < -0.4 is 0 Å². The van der Waals surface area contributed by atoms with Crippen LogP contribution in [0.2, 0.25) is 0 Å². The highest BCUT2D eigenvalue weighted by molar-refractivity contribution is 6.02. The van der Waals surface area contributed by atoms with E-state index in [1.807, 2.05) is 30.3 Å². The summed E-state index contributed by atoms with van der Waals surface area (Å²) in [4.78, 5) is 17.1. The average molecular weight is 338 g/mol. The molecule has 0 aliphatic carbocycles. The number of rotatable bonds is 7. The molecule has 0 aliphatic rings. The summed E-state index contributed by atoms with van der Waals surface area (Å²) in [7, 11) is 0. The lowest BCUT2D eigenvalue weighted by Crippen LogP contribution is -1.98. The molecule has 25 heavy (non-hydrogen) atoms. The standard InChI is InChI=1S/C19H15FN2O3/c20-16-8-6-14(7-9-16)13-24-21-11-10-18(23)19-12-17(22-25-19)15-4-2-1-3-5-15/h1-9,11-12H,10,13H2/b21-11+. The van der Waals surface area contributed by atoms with Gasteiger partial charge in [-0.15, -0.1) is 0 Å². The zero-order valence-corrected chi connectivity index (χ0v) is 13.3. The first kappa shape index (κ1) is 16.6. The summed E-state index contributed by atoms with van der Waals surface area (Å²) in [5.41, 5.74) is 2.27. The van der Waals surface area contributed by atoms with Crippen LogP contribution in [0.5, 0.6) is 0 Å². The van der Waals surface area contributed by atoms with Crippen LogP contribution in [0.1, 0.15) is 22.5 Å². The van der Waals surface area contributed by atoms with Gasteiger partial charge in [-0.25, -0.2) is 4.39 Å². The van der Waals surface area contributed by atoms with E-state index in [0.717, 1.165) is 11.1 Å². The zero-order valence-electron chi connectivity index (χ0n) is 13.3. The number of nitrogens with zero attached hydrogens (tertiary/aromatic N) is 2. The van der Waals surface area contributed by atoms with Crippen LogP contribution >= 0.6 is 0 Å². The molecule has 0 atom stereocenters. The maximum atomic E-state index is 12.8. The van der Waals surface area contributed by atoms with E-state index >= 15 is 0 Å². The van der Waals surface area contributed by atoms with Crippen molar-refractivity contribution in [1.82, 2.24) is 5.16 Å². The van der Waals surface area contributed by atoms with Crippen LogP contribution in [-0.2, 0) is 11.4 Å². The molecular formula is C19H15FN2O3. The van der Waals surface area contributed by atoms with Gasteiger partial charge in [0.2, 0.25) is 11.5 Å². The van der Waals surface area contributed by atoms with Gasteiger partial charge in [0.05, 0.1) is 12.6 Å². The summed E-state index contributed by atoms with van der Waals surface area (Å²) in [6.45, 7) is 0.200. The van der Waals surface area contributed by atoms with Gasteiger partial charge in [0.25, 0.3) is 0 Å². The molecule has 1 aromatic heterocycles. The first-order valence-corrected chi connectivity index (χ1v) is 7.66. The number of carbonyl (C=O) groups excluding carboxylic acids is 1. The number of ketones is 1. The van der Waals surface area contributed by atoms with Crippen molar-refractivity contribution in [2.75, 3.05) is 0 Å². The largest absolute Gasteiger partial charge is 0.391 e. The summed E-state index contributed by atoms with van der Waals surface area (Å²) in [5, 5.41) is 7.61. The Balaban J connectivity index is 1.49. The summed E-state index contributed by atoms with van der Waals surface area (Å²) in [6, 6.07) is 17.0. The maximum absolute atomic E-state index is 12.8. The van der Waals surface area contributed by atoms with E-state index in [9.17, 15) is 9.18 Å². The van der Waals surface area contributed by atoms with Crippen molar-refractivity contribution < 1.29 is 18.5 Å². The van der Waals surface area contributed by atoms with E-state index < -0.39 is 0 Å². The number of carbonyl (C=O) groups is 1. The van der Waals surface area contributed by atoms with Gasteiger partial charge in [-0.2, -0.15) is 0 Å². The average Bonchev–Trinajstić information content (AvgIpc) is 3.14. The second kappa shape index (κ2) is 8.01. The van der Waals surface area contributed by atoms with E-state index in [0.29, 0.717) is 5.69 Å². The molecule has 0 spiro atoms. The lowest BCUT2D eigenvalue weighted by Gasteiger charge is -1.98. The minimum atomic E-state index is -0.306. The predicted octanol–water partition coefficient (Wildman–Crippen LogP) is 4.26. The summed E-state index contributed by atoms with van der Waals surface area (Å²) < 4.78 is 17.8. The minimum Gasteiger partial charge on any atom is -0.391 e. The second-order valence-electron chi connectivity index (χ2n) is 5.26. The molecule has 0 saturated heterocycles. The van der Waals surface area contributed by atoms with Gasteiger partial charge in [-0.3, -0.25) is 4.79 Å². The Morgan fingerprint density at radius 1 is 1.16 bits per heavy atom. The van der Waals surface area contributed by atoms with Crippen molar-refractivity contribution in [1.29, 1.82) is 0 Å². The van der Waals surface area contributed by atoms with E-state index in [2.05, 4.69) is 10.3 Å². The highest BCUT2D eigenvalue weighted by Gasteiger charge is 2.12. The molecule has 126 valence electrons. The van der Waals surface area contributed by atoms with Crippen LogP contribution in [0.4, 0.5) is 4.39 Å². The van der Waals surface area contributed by atoms with Crippen molar-refractivity contribution in [3.8, 4) is 11.3 Å². The number of oxime groups is 1. The lowest BCUT2D eigenvalue weighted by molar-refractivity contribution is 0.0961. The summed E-state index contributed by atoms with van der Waals surface area (Å²) in [5.74, 6) is -0.382. The fraction of sp³-hybridized carbons (Fsp3) is 0.105. The van der Waals surface area contributed by atoms with Crippen LogP contribution in [0.25, 0.3) is 11.3 Å². The highest BCUT2D eigenvalue weighted by atomic mass is 19.1. The molecule has 0 amide bonds. The molecule has 1 heterocycles. The third-order valence-corrected chi connectivity index (χ3v) is 3.42. The molecule has 2 aromatic carbocycles. The monoisotopic (exact) mass is 338 g/mol. The molecule has 0 N–H and O–H groups in total. The summed E-state index contributed by atoms with van der Waals surface area (Å²) >= 11 is 0. The van der Waals surface area contributed by atoms with Gasteiger partial charge in [0.15, 0.2) is 0 Å². The Morgan fingerprint density at radius 3 is 2.68 bits per heavy atom. The third-order valence-electron chi connectivity index (χ3n) is 3.42. The van der Waals surface area contributed by atoms with Gasteiger partial charge >= 0.3 is 0 Å². The third kappa shape index (κ3) is 4.60. The van der Waals surface area contributed by atoms with Crippen LogP contribution in [-0.4, -0.2) is 17.2 Å².